The molecular formula is C18H25NO4. The molecule has 0 aliphatic carbocycles. The van der Waals surface area contributed by atoms with Gasteiger partial charge in [-0.2, -0.15) is 0 Å². The van der Waals surface area contributed by atoms with E-state index in [0.29, 0.717) is 42.3 Å². The molecule has 1 aromatic rings. The summed E-state index contributed by atoms with van der Waals surface area (Å²) in [5.74, 6) is 1.07. The predicted molar refractivity (Wildman–Crippen MR) is 89.6 cm³/mol. The van der Waals surface area contributed by atoms with Crippen molar-refractivity contribution in [3.63, 3.8) is 0 Å². The fourth-order valence-corrected chi connectivity index (χ4v) is 2.60. The van der Waals surface area contributed by atoms with Gasteiger partial charge < -0.3 is 14.4 Å². The van der Waals surface area contributed by atoms with Crippen molar-refractivity contribution in [3.05, 3.63) is 17.7 Å². The first-order chi connectivity index (χ1) is 11.2. The molecule has 1 aromatic carbocycles. The summed E-state index contributed by atoms with van der Waals surface area (Å²) in [6.45, 7) is 7.19. The molecular weight excluding hydrogens is 294 g/mol. The molecule has 0 N–H and O–H groups in total. The van der Waals surface area contributed by atoms with E-state index < -0.39 is 6.10 Å². The summed E-state index contributed by atoms with van der Waals surface area (Å²) < 4.78 is 11.7. The van der Waals surface area contributed by atoms with Gasteiger partial charge in [0, 0.05) is 12.1 Å². The number of hydrogen-bond acceptors (Lipinski definition) is 4. The van der Waals surface area contributed by atoms with Crippen molar-refractivity contribution < 1.29 is 19.1 Å². The smallest absolute Gasteiger partial charge is 0.268 e. The van der Waals surface area contributed by atoms with Crippen LogP contribution in [0.3, 0.4) is 0 Å². The van der Waals surface area contributed by atoms with Crippen LogP contribution in [0.15, 0.2) is 12.1 Å². The molecule has 2 rings (SSSR count). The number of hydrogen-bond donors (Lipinski definition) is 0. The van der Waals surface area contributed by atoms with Gasteiger partial charge in [0.25, 0.3) is 5.91 Å². The van der Waals surface area contributed by atoms with Gasteiger partial charge in [-0.3, -0.25) is 9.59 Å². The van der Waals surface area contributed by atoms with E-state index in [1.807, 2.05) is 13.8 Å². The highest BCUT2D eigenvalue weighted by molar-refractivity contribution is 6.01. The molecule has 0 spiro atoms. The number of amides is 1. The van der Waals surface area contributed by atoms with Crippen molar-refractivity contribution in [1.29, 1.82) is 0 Å². The summed E-state index contributed by atoms with van der Waals surface area (Å²) in [5, 5.41) is 0. The molecule has 5 heteroatoms. The second-order valence-corrected chi connectivity index (χ2v) is 5.69. The van der Waals surface area contributed by atoms with E-state index in [4.69, 9.17) is 9.47 Å². The van der Waals surface area contributed by atoms with Crippen LogP contribution in [0.5, 0.6) is 11.5 Å². The van der Waals surface area contributed by atoms with Crippen molar-refractivity contribution in [2.75, 3.05) is 18.1 Å². The summed E-state index contributed by atoms with van der Waals surface area (Å²) in [6.07, 6.45) is 3.62. The molecule has 0 fully saturated rings. The van der Waals surface area contributed by atoms with Crippen LogP contribution in [0.1, 0.15) is 56.8 Å². The molecule has 1 unspecified atom stereocenters. The first-order valence-corrected chi connectivity index (χ1v) is 8.40. The molecule has 1 heterocycles. The van der Waals surface area contributed by atoms with E-state index in [-0.39, 0.29) is 5.91 Å². The van der Waals surface area contributed by atoms with E-state index in [9.17, 15) is 9.59 Å². The minimum absolute atomic E-state index is 0.0436. The van der Waals surface area contributed by atoms with Gasteiger partial charge in [-0.1, -0.05) is 27.2 Å². The third-order valence-corrected chi connectivity index (χ3v) is 3.85. The van der Waals surface area contributed by atoms with Crippen molar-refractivity contribution in [2.24, 2.45) is 0 Å². The minimum atomic E-state index is -0.495. The predicted octanol–water partition coefficient (Wildman–Crippen LogP) is 3.59. The molecule has 0 saturated heterocycles. The van der Waals surface area contributed by atoms with Crippen molar-refractivity contribution >= 4 is 17.9 Å². The summed E-state index contributed by atoms with van der Waals surface area (Å²) in [5.41, 5.74) is 1.13. The average molecular weight is 319 g/mol. The van der Waals surface area contributed by atoms with Gasteiger partial charge in [0.1, 0.15) is 6.29 Å². The van der Waals surface area contributed by atoms with Crippen LogP contribution >= 0.6 is 0 Å². The fraction of sp³-hybridized carbons (Fsp3) is 0.556. The third-order valence-electron chi connectivity index (χ3n) is 3.85. The Labute approximate surface area is 137 Å². The number of benzene rings is 1. The average Bonchev–Trinajstić information content (AvgIpc) is 2.58. The lowest BCUT2D eigenvalue weighted by molar-refractivity contribution is -0.126. The maximum absolute atomic E-state index is 12.6. The van der Waals surface area contributed by atoms with Crippen LogP contribution in [0.25, 0.3) is 0 Å². The van der Waals surface area contributed by atoms with E-state index >= 15 is 0 Å². The van der Waals surface area contributed by atoms with Gasteiger partial charge in [0.15, 0.2) is 17.6 Å². The molecule has 0 radical (unpaired) electrons. The van der Waals surface area contributed by atoms with Gasteiger partial charge in [0.05, 0.1) is 12.3 Å². The topological polar surface area (TPSA) is 55.8 Å². The Hall–Kier alpha value is -2.04. The standard InChI is InChI=1S/C18H25NO4/c1-4-7-8-19-14-10-13(12-20)11-16(22-9-5-2)17(14)23-15(6-3)18(19)21/h10-12,15H,4-9H2,1-3H3. The summed E-state index contributed by atoms with van der Waals surface area (Å²) in [7, 11) is 0. The largest absolute Gasteiger partial charge is 0.490 e. The quantitative estimate of drug-likeness (QED) is 0.687. The van der Waals surface area contributed by atoms with Gasteiger partial charge in [-0.15, -0.1) is 0 Å². The number of fused-ring (bicyclic) bond motifs is 1. The third kappa shape index (κ3) is 3.66. The maximum Gasteiger partial charge on any atom is 0.268 e. The summed E-state index contributed by atoms with van der Waals surface area (Å²) in [4.78, 5) is 25.6. The van der Waals surface area contributed by atoms with Crippen LogP contribution in [-0.2, 0) is 4.79 Å². The Morgan fingerprint density at radius 1 is 1.26 bits per heavy atom. The Kier molecular flexibility index (Phi) is 6.02. The zero-order chi connectivity index (χ0) is 16.8. The number of unbranched alkanes of at least 4 members (excludes halogenated alkanes) is 1. The van der Waals surface area contributed by atoms with Gasteiger partial charge in [-0.05, 0) is 31.4 Å². The molecule has 1 atom stereocenters. The van der Waals surface area contributed by atoms with Gasteiger partial charge in [0.2, 0.25) is 0 Å². The molecule has 0 bridgehead atoms. The van der Waals surface area contributed by atoms with E-state index in [1.54, 1.807) is 17.0 Å². The van der Waals surface area contributed by atoms with E-state index in [2.05, 4.69) is 6.92 Å². The number of rotatable bonds is 8. The zero-order valence-corrected chi connectivity index (χ0v) is 14.1. The second-order valence-electron chi connectivity index (χ2n) is 5.69. The Morgan fingerprint density at radius 2 is 2.04 bits per heavy atom. The summed E-state index contributed by atoms with van der Waals surface area (Å²) >= 11 is 0. The van der Waals surface area contributed by atoms with Gasteiger partial charge in [-0.25, -0.2) is 0 Å². The highest BCUT2D eigenvalue weighted by Gasteiger charge is 2.35. The summed E-state index contributed by atoms with van der Waals surface area (Å²) in [6, 6.07) is 3.39. The molecule has 0 saturated carbocycles. The number of carbonyl (C=O) groups excluding carboxylic acids is 2. The van der Waals surface area contributed by atoms with E-state index in [0.717, 1.165) is 25.5 Å². The lowest BCUT2D eigenvalue weighted by Gasteiger charge is -2.35. The highest BCUT2D eigenvalue weighted by Crippen LogP contribution is 2.43. The number of aldehydes is 1. The minimum Gasteiger partial charge on any atom is -0.490 e. The SMILES string of the molecule is CCCCN1C(=O)C(CC)Oc2c(OCCC)cc(C=O)cc21. The number of nitrogens with zero attached hydrogens (tertiary/aromatic N) is 1. The van der Waals surface area contributed by atoms with Crippen molar-refractivity contribution in [2.45, 2.75) is 52.6 Å². The monoisotopic (exact) mass is 319 g/mol. The molecule has 1 aliphatic heterocycles. The number of carbonyl (C=O) groups is 2. The first kappa shape index (κ1) is 17.3. The van der Waals surface area contributed by atoms with Crippen LogP contribution in [-0.4, -0.2) is 31.4 Å². The Morgan fingerprint density at radius 3 is 2.65 bits per heavy atom. The van der Waals surface area contributed by atoms with Crippen molar-refractivity contribution in [3.8, 4) is 11.5 Å². The molecule has 1 aliphatic rings. The highest BCUT2D eigenvalue weighted by atomic mass is 16.5. The number of ether oxygens (including phenoxy) is 2. The van der Waals surface area contributed by atoms with Crippen LogP contribution in [0.2, 0.25) is 0 Å². The molecule has 0 aromatic heterocycles. The lowest BCUT2D eigenvalue weighted by Crippen LogP contribution is -2.46. The maximum atomic E-state index is 12.6. The Balaban J connectivity index is 2.49. The van der Waals surface area contributed by atoms with E-state index in [1.165, 1.54) is 0 Å². The molecule has 126 valence electrons. The Bertz CT molecular complexity index is 570. The molecule has 1 amide bonds. The number of anilines is 1. The van der Waals surface area contributed by atoms with Crippen LogP contribution in [0, 0.1) is 0 Å². The zero-order valence-electron chi connectivity index (χ0n) is 14.1. The molecule has 23 heavy (non-hydrogen) atoms. The van der Waals surface area contributed by atoms with Gasteiger partial charge >= 0.3 is 0 Å². The molecule has 5 nitrogen and oxygen atoms in total. The normalized spacial score (nSPS) is 16.7. The van der Waals surface area contributed by atoms with Crippen LogP contribution < -0.4 is 14.4 Å². The lowest BCUT2D eigenvalue weighted by atomic mass is 10.1. The van der Waals surface area contributed by atoms with Crippen LogP contribution in [0.4, 0.5) is 5.69 Å². The fourth-order valence-electron chi connectivity index (χ4n) is 2.60. The second kappa shape index (κ2) is 7.99. The first-order valence-electron chi connectivity index (χ1n) is 8.40. The van der Waals surface area contributed by atoms with Crippen molar-refractivity contribution in [1.82, 2.24) is 0 Å².